The summed E-state index contributed by atoms with van der Waals surface area (Å²) in [5, 5.41) is 5.32. The molecule has 0 saturated heterocycles. The van der Waals surface area contributed by atoms with Crippen LogP contribution in [0.15, 0.2) is 83.8 Å². The van der Waals surface area contributed by atoms with Gasteiger partial charge in [0.15, 0.2) is 0 Å². The highest BCUT2D eigenvalue weighted by atomic mass is 32.2. The second-order valence-electron chi connectivity index (χ2n) is 6.27. The fourth-order valence-corrected chi connectivity index (χ4v) is 3.54. The lowest BCUT2D eigenvalue weighted by molar-refractivity contribution is 0.0981. The molecule has 3 aromatic rings. The lowest BCUT2D eigenvalue weighted by Gasteiger charge is -2.10. The van der Waals surface area contributed by atoms with E-state index in [0.29, 0.717) is 11.4 Å². The van der Waals surface area contributed by atoms with Crippen LogP contribution in [0.5, 0.6) is 0 Å². The molecule has 0 bridgehead atoms. The Morgan fingerprint density at radius 3 is 2.07 bits per heavy atom. The Kier molecular flexibility index (Phi) is 5.94. The van der Waals surface area contributed by atoms with Crippen LogP contribution in [0.25, 0.3) is 0 Å². The first-order valence-corrected chi connectivity index (χ1v) is 10.2. The highest BCUT2D eigenvalue weighted by Gasteiger charge is 2.18. The van der Waals surface area contributed by atoms with Gasteiger partial charge in [-0.25, -0.2) is 17.9 Å². The molecule has 0 radical (unpaired) electrons. The Bertz CT molecular complexity index is 1130. The highest BCUT2D eigenvalue weighted by molar-refractivity contribution is 7.90. The first-order chi connectivity index (χ1) is 13.8. The molecule has 8 heteroatoms. The molecule has 7 nitrogen and oxygen atoms in total. The summed E-state index contributed by atoms with van der Waals surface area (Å²) in [6.07, 6.45) is 0. The van der Waals surface area contributed by atoms with Crippen molar-refractivity contribution in [3.8, 4) is 0 Å². The third kappa shape index (κ3) is 5.43. The van der Waals surface area contributed by atoms with Gasteiger partial charge in [-0.3, -0.25) is 4.79 Å². The largest absolute Gasteiger partial charge is 0.323 e. The molecule has 3 aromatic carbocycles. The third-order valence-electron chi connectivity index (χ3n) is 3.96. The number of rotatable bonds is 5. The van der Waals surface area contributed by atoms with Gasteiger partial charge >= 0.3 is 6.03 Å². The number of hydrogen-bond donors (Lipinski definition) is 3. The van der Waals surface area contributed by atoms with Crippen LogP contribution >= 0.6 is 0 Å². The smallest absolute Gasteiger partial charge is 0.308 e. The summed E-state index contributed by atoms with van der Waals surface area (Å²) in [6, 6.07) is 20.4. The van der Waals surface area contributed by atoms with Crippen molar-refractivity contribution >= 4 is 33.3 Å². The second-order valence-corrected chi connectivity index (χ2v) is 7.96. The van der Waals surface area contributed by atoms with Gasteiger partial charge in [-0.05, 0) is 61.0 Å². The molecule has 0 saturated carbocycles. The van der Waals surface area contributed by atoms with E-state index >= 15 is 0 Å². The minimum atomic E-state index is -4.03. The number of carbonyl (C=O) groups excluding carboxylic acids is 2. The number of nitrogens with one attached hydrogen (secondary N) is 3. The second kappa shape index (κ2) is 8.57. The molecule has 29 heavy (non-hydrogen) atoms. The highest BCUT2D eigenvalue weighted by Crippen LogP contribution is 2.16. The van der Waals surface area contributed by atoms with Crippen LogP contribution in [0.3, 0.4) is 0 Å². The lowest BCUT2D eigenvalue weighted by Crippen LogP contribution is -2.30. The Balaban J connectivity index is 1.64. The van der Waals surface area contributed by atoms with Crippen molar-refractivity contribution in [2.24, 2.45) is 0 Å². The Morgan fingerprint density at radius 1 is 0.759 bits per heavy atom. The molecule has 0 spiro atoms. The summed E-state index contributed by atoms with van der Waals surface area (Å²) in [5.41, 5.74) is 2.30. The van der Waals surface area contributed by atoms with E-state index in [0.717, 1.165) is 5.56 Å². The van der Waals surface area contributed by atoms with Gasteiger partial charge < -0.3 is 10.6 Å². The summed E-state index contributed by atoms with van der Waals surface area (Å²) < 4.78 is 26.8. The SMILES string of the molecule is Cc1cccc(NC(=O)Nc2ccc(S(=O)(=O)NC(=O)c3ccccc3)cc2)c1. The van der Waals surface area contributed by atoms with Crippen molar-refractivity contribution in [2.45, 2.75) is 11.8 Å². The molecule has 3 amide bonds. The standard InChI is InChI=1S/C21H19N3O4S/c1-15-6-5-9-18(14-15)23-21(26)22-17-10-12-19(13-11-17)29(27,28)24-20(25)16-7-3-2-4-8-16/h2-14H,1H3,(H,24,25)(H2,22,23,26). The maximum absolute atomic E-state index is 12.4. The molecule has 0 aliphatic heterocycles. The minimum absolute atomic E-state index is 0.0913. The first-order valence-electron chi connectivity index (χ1n) is 8.70. The average molecular weight is 409 g/mol. The monoisotopic (exact) mass is 409 g/mol. The van der Waals surface area contributed by atoms with Crippen LogP contribution < -0.4 is 15.4 Å². The van der Waals surface area contributed by atoms with Gasteiger partial charge in [0, 0.05) is 16.9 Å². The van der Waals surface area contributed by atoms with E-state index in [4.69, 9.17) is 0 Å². The fourth-order valence-electron chi connectivity index (χ4n) is 2.56. The van der Waals surface area contributed by atoms with Crippen molar-refractivity contribution in [3.63, 3.8) is 0 Å². The van der Waals surface area contributed by atoms with Crippen LogP contribution in [0.2, 0.25) is 0 Å². The van der Waals surface area contributed by atoms with Crippen LogP contribution in [-0.4, -0.2) is 20.4 Å². The number of carbonyl (C=O) groups is 2. The quantitative estimate of drug-likeness (QED) is 0.597. The first kappa shape index (κ1) is 20.1. The molecule has 0 fully saturated rings. The summed E-state index contributed by atoms with van der Waals surface area (Å²) in [5.74, 6) is -0.717. The minimum Gasteiger partial charge on any atom is -0.308 e. The molecular weight excluding hydrogens is 390 g/mol. The predicted octanol–water partition coefficient (Wildman–Crippen LogP) is 3.76. The van der Waals surface area contributed by atoms with Crippen LogP contribution in [0.4, 0.5) is 16.2 Å². The molecule has 3 N–H and O–H groups in total. The van der Waals surface area contributed by atoms with E-state index in [-0.39, 0.29) is 10.5 Å². The molecule has 0 aliphatic carbocycles. The van der Waals surface area contributed by atoms with E-state index in [9.17, 15) is 18.0 Å². The lowest BCUT2D eigenvalue weighted by atomic mass is 10.2. The number of urea groups is 1. The molecule has 0 aliphatic rings. The van der Waals surface area contributed by atoms with Crippen molar-refractivity contribution in [1.29, 1.82) is 0 Å². The van der Waals surface area contributed by atoms with E-state index in [1.807, 2.05) is 29.8 Å². The Hall–Kier alpha value is -3.65. The van der Waals surface area contributed by atoms with Crippen molar-refractivity contribution in [1.82, 2.24) is 4.72 Å². The Morgan fingerprint density at radius 2 is 1.41 bits per heavy atom. The summed E-state index contributed by atoms with van der Waals surface area (Å²) in [4.78, 5) is 24.1. The van der Waals surface area contributed by atoms with E-state index in [1.165, 1.54) is 36.4 Å². The number of hydrogen-bond acceptors (Lipinski definition) is 4. The van der Waals surface area contributed by atoms with E-state index in [1.54, 1.807) is 24.3 Å². The van der Waals surface area contributed by atoms with Crippen LogP contribution in [-0.2, 0) is 10.0 Å². The van der Waals surface area contributed by atoms with Gasteiger partial charge in [0.05, 0.1) is 4.90 Å². The molecule has 0 aromatic heterocycles. The zero-order valence-electron chi connectivity index (χ0n) is 15.5. The van der Waals surface area contributed by atoms with Gasteiger partial charge in [0.2, 0.25) is 0 Å². The molecule has 3 rings (SSSR count). The summed E-state index contributed by atoms with van der Waals surface area (Å²) >= 11 is 0. The van der Waals surface area contributed by atoms with Crippen molar-refractivity contribution in [2.75, 3.05) is 10.6 Å². The van der Waals surface area contributed by atoms with E-state index in [2.05, 4.69) is 10.6 Å². The predicted molar refractivity (Wildman–Crippen MR) is 111 cm³/mol. The van der Waals surface area contributed by atoms with Crippen molar-refractivity contribution in [3.05, 3.63) is 90.0 Å². The number of sulfonamides is 1. The zero-order valence-corrected chi connectivity index (χ0v) is 16.4. The zero-order chi connectivity index (χ0) is 20.9. The molecule has 0 unspecified atom stereocenters. The number of benzene rings is 3. The molecular formula is C21H19N3O4S. The molecule has 148 valence electrons. The average Bonchev–Trinajstić information content (AvgIpc) is 2.68. The van der Waals surface area contributed by atoms with Gasteiger partial charge in [-0.1, -0.05) is 30.3 Å². The Labute approximate surface area is 168 Å². The molecule has 0 atom stereocenters. The van der Waals surface area contributed by atoms with Crippen LogP contribution in [0, 0.1) is 6.92 Å². The summed E-state index contributed by atoms with van der Waals surface area (Å²) in [7, 11) is -4.03. The number of anilines is 2. The summed E-state index contributed by atoms with van der Waals surface area (Å²) in [6.45, 7) is 1.92. The molecule has 0 heterocycles. The third-order valence-corrected chi connectivity index (χ3v) is 5.31. The topological polar surface area (TPSA) is 104 Å². The van der Waals surface area contributed by atoms with Gasteiger partial charge in [-0.2, -0.15) is 0 Å². The van der Waals surface area contributed by atoms with Crippen molar-refractivity contribution < 1.29 is 18.0 Å². The van der Waals surface area contributed by atoms with Gasteiger partial charge in [0.1, 0.15) is 0 Å². The van der Waals surface area contributed by atoms with Gasteiger partial charge in [0.25, 0.3) is 15.9 Å². The van der Waals surface area contributed by atoms with Gasteiger partial charge in [-0.15, -0.1) is 0 Å². The fraction of sp³-hybridized carbons (Fsp3) is 0.0476. The van der Waals surface area contributed by atoms with Crippen LogP contribution in [0.1, 0.15) is 15.9 Å². The normalized spacial score (nSPS) is 10.8. The van der Waals surface area contributed by atoms with E-state index < -0.39 is 22.0 Å². The number of amides is 3. The maximum Gasteiger partial charge on any atom is 0.323 e. The number of aryl methyl sites for hydroxylation is 1. The maximum atomic E-state index is 12.4.